The van der Waals surface area contributed by atoms with Crippen LogP contribution in [0, 0.1) is 5.92 Å². The molecule has 0 fully saturated rings. The summed E-state index contributed by atoms with van der Waals surface area (Å²) in [6, 6.07) is 0. The number of hydrogen-bond donors (Lipinski definition) is 2. The SMILES string of the molecule is C=CCOC(O)(OCC=C)C(O)C(C)C. The summed E-state index contributed by atoms with van der Waals surface area (Å²) in [5, 5.41) is 19.7. The third-order valence-corrected chi connectivity index (χ3v) is 1.82. The van der Waals surface area contributed by atoms with Crippen molar-refractivity contribution < 1.29 is 19.7 Å². The van der Waals surface area contributed by atoms with Crippen molar-refractivity contribution >= 4 is 0 Å². The molecular formula is C11H20O4. The van der Waals surface area contributed by atoms with Gasteiger partial charge in [0.25, 0.3) is 0 Å². The van der Waals surface area contributed by atoms with Crippen LogP contribution < -0.4 is 0 Å². The van der Waals surface area contributed by atoms with Gasteiger partial charge in [-0.3, -0.25) is 0 Å². The molecule has 0 aliphatic heterocycles. The van der Waals surface area contributed by atoms with Crippen LogP contribution >= 0.6 is 0 Å². The molecule has 2 N–H and O–H groups in total. The Bertz CT molecular complexity index is 189. The second kappa shape index (κ2) is 6.74. The predicted molar refractivity (Wildman–Crippen MR) is 58.1 cm³/mol. The van der Waals surface area contributed by atoms with Crippen molar-refractivity contribution in [3.05, 3.63) is 25.3 Å². The van der Waals surface area contributed by atoms with Gasteiger partial charge in [-0.2, -0.15) is 0 Å². The Morgan fingerprint density at radius 1 is 1.20 bits per heavy atom. The highest BCUT2D eigenvalue weighted by atomic mass is 16.8. The van der Waals surface area contributed by atoms with E-state index in [0.717, 1.165) is 0 Å². The molecule has 0 aromatic rings. The third-order valence-electron chi connectivity index (χ3n) is 1.82. The van der Waals surface area contributed by atoms with Crippen LogP contribution in [0.3, 0.4) is 0 Å². The highest BCUT2D eigenvalue weighted by Gasteiger charge is 2.39. The van der Waals surface area contributed by atoms with Gasteiger partial charge in [-0.15, -0.1) is 13.2 Å². The maximum Gasteiger partial charge on any atom is 0.308 e. The van der Waals surface area contributed by atoms with Crippen LogP contribution in [-0.4, -0.2) is 35.5 Å². The van der Waals surface area contributed by atoms with Crippen LogP contribution in [0.25, 0.3) is 0 Å². The van der Waals surface area contributed by atoms with Crippen molar-refractivity contribution in [2.45, 2.75) is 25.9 Å². The Kier molecular flexibility index (Phi) is 6.43. The molecule has 0 heterocycles. The number of ether oxygens (including phenoxy) is 2. The van der Waals surface area contributed by atoms with Gasteiger partial charge >= 0.3 is 5.97 Å². The number of aliphatic hydroxyl groups is 2. The molecule has 15 heavy (non-hydrogen) atoms. The number of hydrogen-bond acceptors (Lipinski definition) is 4. The van der Waals surface area contributed by atoms with Gasteiger partial charge in [-0.05, 0) is 5.92 Å². The topological polar surface area (TPSA) is 58.9 Å². The Balaban J connectivity index is 4.50. The Morgan fingerprint density at radius 3 is 1.87 bits per heavy atom. The fourth-order valence-electron chi connectivity index (χ4n) is 0.990. The van der Waals surface area contributed by atoms with Crippen LogP contribution in [0.15, 0.2) is 25.3 Å². The largest absolute Gasteiger partial charge is 0.384 e. The molecule has 4 heteroatoms. The van der Waals surface area contributed by atoms with Gasteiger partial charge in [0.05, 0.1) is 13.2 Å². The zero-order valence-electron chi connectivity index (χ0n) is 9.35. The number of aliphatic hydroxyl groups excluding tert-OH is 1. The summed E-state index contributed by atoms with van der Waals surface area (Å²) < 4.78 is 10.0. The van der Waals surface area contributed by atoms with Crippen LogP contribution in [0.5, 0.6) is 0 Å². The molecule has 0 aromatic heterocycles. The van der Waals surface area contributed by atoms with Crippen molar-refractivity contribution in [1.29, 1.82) is 0 Å². The highest BCUT2D eigenvalue weighted by Crippen LogP contribution is 2.21. The van der Waals surface area contributed by atoms with E-state index in [1.807, 2.05) is 0 Å². The average molecular weight is 216 g/mol. The minimum Gasteiger partial charge on any atom is -0.384 e. The lowest BCUT2D eigenvalue weighted by atomic mass is 10.1. The lowest BCUT2D eigenvalue weighted by Gasteiger charge is -2.33. The van der Waals surface area contributed by atoms with Gasteiger partial charge in [-0.1, -0.05) is 26.0 Å². The summed E-state index contributed by atoms with van der Waals surface area (Å²) in [5.74, 6) is -2.19. The summed E-state index contributed by atoms with van der Waals surface area (Å²) in [4.78, 5) is 0. The molecule has 0 rings (SSSR count). The van der Waals surface area contributed by atoms with Gasteiger partial charge < -0.3 is 19.7 Å². The lowest BCUT2D eigenvalue weighted by molar-refractivity contribution is -0.394. The molecule has 0 saturated heterocycles. The summed E-state index contributed by atoms with van der Waals surface area (Å²) in [6.07, 6.45) is 1.81. The number of rotatable bonds is 8. The van der Waals surface area contributed by atoms with Crippen molar-refractivity contribution in [3.63, 3.8) is 0 Å². The van der Waals surface area contributed by atoms with Crippen molar-refractivity contribution in [2.75, 3.05) is 13.2 Å². The van der Waals surface area contributed by atoms with Crippen LogP contribution in [0.1, 0.15) is 13.8 Å². The second-order valence-electron chi connectivity index (χ2n) is 3.52. The van der Waals surface area contributed by atoms with Gasteiger partial charge in [0.1, 0.15) is 6.10 Å². The van der Waals surface area contributed by atoms with E-state index in [9.17, 15) is 10.2 Å². The maximum atomic E-state index is 9.92. The standard InChI is InChI=1S/C11H20O4/c1-5-7-14-11(13,15-8-6-2)10(12)9(3)4/h5-6,9-10,12-13H,1-2,7-8H2,3-4H3. The molecule has 0 radical (unpaired) electrons. The monoisotopic (exact) mass is 216 g/mol. The van der Waals surface area contributed by atoms with Gasteiger partial charge in [0, 0.05) is 0 Å². The zero-order valence-corrected chi connectivity index (χ0v) is 9.35. The molecule has 0 amide bonds. The van der Waals surface area contributed by atoms with E-state index in [1.54, 1.807) is 13.8 Å². The van der Waals surface area contributed by atoms with Gasteiger partial charge in [-0.25, -0.2) is 0 Å². The first kappa shape index (κ1) is 14.3. The molecule has 0 saturated carbocycles. The van der Waals surface area contributed by atoms with E-state index in [2.05, 4.69) is 13.2 Å². The van der Waals surface area contributed by atoms with E-state index >= 15 is 0 Å². The van der Waals surface area contributed by atoms with Gasteiger partial charge in [0.2, 0.25) is 0 Å². The van der Waals surface area contributed by atoms with Gasteiger partial charge in [0.15, 0.2) is 0 Å². The summed E-state index contributed by atoms with van der Waals surface area (Å²) in [6.45, 7) is 10.6. The van der Waals surface area contributed by atoms with E-state index in [4.69, 9.17) is 9.47 Å². The molecule has 0 spiro atoms. The predicted octanol–water partition coefficient (Wildman–Crippen LogP) is 1.05. The minimum absolute atomic E-state index is 0.0947. The fraction of sp³-hybridized carbons (Fsp3) is 0.636. The molecular weight excluding hydrogens is 196 g/mol. The van der Waals surface area contributed by atoms with E-state index in [-0.39, 0.29) is 19.1 Å². The Hall–Kier alpha value is -0.680. The van der Waals surface area contributed by atoms with Crippen molar-refractivity contribution in [2.24, 2.45) is 5.92 Å². The minimum atomic E-state index is -2.00. The third kappa shape index (κ3) is 4.57. The van der Waals surface area contributed by atoms with Crippen LogP contribution in [0.2, 0.25) is 0 Å². The smallest absolute Gasteiger partial charge is 0.308 e. The Labute approximate surface area is 90.8 Å². The first-order chi connectivity index (χ1) is 6.98. The second-order valence-corrected chi connectivity index (χ2v) is 3.52. The average Bonchev–Trinajstić information content (AvgIpc) is 2.22. The van der Waals surface area contributed by atoms with E-state index < -0.39 is 12.1 Å². The summed E-state index contributed by atoms with van der Waals surface area (Å²) >= 11 is 0. The quantitative estimate of drug-likeness (QED) is 0.470. The van der Waals surface area contributed by atoms with Crippen molar-refractivity contribution in [3.8, 4) is 0 Å². The van der Waals surface area contributed by atoms with Crippen LogP contribution in [-0.2, 0) is 9.47 Å². The molecule has 4 nitrogen and oxygen atoms in total. The summed E-state index contributed by atoms with van der Waals surface area (Å²) in [5.41, 5.74) is 0. The molecule has 0 aliphatic carbocycles. The molecule has 0 aromatic carbocycles. The zero-order chi connectivity index (χ0) is 11.9. The maximum absolute atomic E-state index is 9.92. The molecule has 1 unspecified atom stereocenters. The van der Waals surface area contributed by atoms with Crippen molar-refractivity contribution in [1.82, 2.24) is 0 Å². The first-order valence-electron chi connectivity index (χ1n) is 4.88. The molecule has 0 bridgehead atoms. The molecule has 1 atom stereocenters. The van der Waals surface area contributed by atoms with E-state index in [0.29, 0.717) is 0 Å². The highest BCUT2D eigenvalue weighted by molar-refractivity contribution is 4.76. The molecule has 88 valence electrons. The summed E-state index contributed by atoms with van der Waals surface area (Å²) in [7, 11) is 0. The molecule has 0 aliphatic rings. The lowest BCUT2D eigenvalue weighted by Crippen LogP contribution is -2.50. The van der Waals surface area contributed by atoms with E-state index in [1.165, 1.54) is 12.2 Å². The Morgan fingerprint density at radius 2 is 1.60 bits per heavy atom. The normalized spacial score (nSPS) is 13.9. The van der Waals surface area contributed by atoms with Crippen LogP contribution in [0.4, 0.5) is 0 Å². The first-order valence-corrected chi connectivity index (χ1v) is 4.88. The fourth-order valence-corrected chi connectivity index (χ4v) is 0.990.